The number of ether oxygens (including phenoxy) is 2. The van der Waals surface area contributed by atoms with Crippen molar-refractivity contribution < 1.29 is 24.0 Å². The lowest BCUT2D eigenvalue weighted by atomic mass is 10.3. The van der Waals surface area contributed by atoms with E-state index in [2.05, 4.69) is 4.99 Å². The van der Waals surface area contributed by atoms with Gasteiger partial charge in [-0.1, -0.05) is 11.3 Å². The molecule has 0 unspecified atom stereocenters. The van der Waals surface area contributed by atoms with Crippen LogP contribution >= 0.6 is 23.1 Å². The smallest absolute Gasteiger partial charge is 0.270 e. The number of aromatic nitrogens is 1. The second-order valence-corrected chi connectivity index (χ2v) is 8.42. The highest BCUT2D eigenvalue weighted by Gasteiger charge is 2.17. The maximum Gasteiger partial charge on any atom is 0.270 e. The van der Waals surface area contributed by atoms with E-state index < -0.39 is 4.92 Å². The zero-order valence-electron chi connectivity index (χ0n) is 16.4. The van der Waals surface area contributed by atoms with Gasteiger partial charge in [0.15, 0.2) is 4.80 Å². The van der Waals surface area contributed by atoms with Crippen molar-refractivity contribution in [1.82, 2.24) is 9.47 Å². The first kappa shape index (κ1) is 22.4. The lowest BCUT2D eigenvalue weighted by molar-refractivity contribution is -0.384. The Kier molecular flexibility index (Phi) is 7.96. The Balaban J connectivity index is 1.72. The van der Waals surface area contributed by atoms with E-state index in [0.29, 0.717) is 49.0 Å². The molecule has 1 aromatic heterocycles. The van der Waals surface area contributed by atoms with Crippen LogP contribution in [0.25, 0.3) is 10.2 Å². The molecule has 0 bridgehead atoms. The van der Waals surface area contributed by atoms with Crippen LogP contribution in [0.2, 0.25) is 0 Å². The standard InChI is InChI=1S/C18H22N4O6S2/c1-27-7-6-21-14-3-2-13(22(25)26)10-15(14)30-18(21)19-16(23)11-29-12-17(24)20-4-8-28-9-5-20/h2-3,10H,4-9,11-12H2,1H3. The third kappa shape index (κ3) is 5.65. The summed E-state index contributed by atoms with van der Waals surface area (Å²) in [7, 11) is 1.57. The summed E-state index contributed by atoms with van der Waals surface area (Å²) in [5, 5.41) is 11.0. The van der Waals surface area contributed by atoms with E-state index in [1.54, 1.807) is 18.1 Å². The predicted molar refractivity (Wildman–Crippen MR) is 114 cm³/mol. The van der Waals surface area contributed by atoms with E-state index in [0.717, 1.165) is 5.52 Å². The summed E-state index contributed by atoms with van der Waals surface area (Å²) in [5.74, 6) is -0.0828. The molecule has 2 heterocycles. The second-order valence-electron chi connectivity index (χ2n) is 6.43. The van der Waals surface area contributed by atoms with Gasteiger partial charge in [-0.15, -0.1) is 11.8 Å². The summed E-state index contributed by atoms with van der Waals surface area (Å²) in [6.45, 7) is 3.10. The molecule has 0 radical (unpaired) electrons. The number of morpholine rings is 1. The first-order valence-electron chi connectivity index (χ1n) is 9.27. The number of nitrogens with zero attached hydrogens (tertiary/aromatic N) is 4. The van der Waals surface area contributed by atoms with Gasteiger partial charge in [-0.25, -0.2) is 0 Å². The number of methoxy groups -OCH3 is 1. The molecular weight excluding hydrogens is 432 g/mol. The summed E-state index contributed by atoms with van der Waals surface area (Å²) in [6.07, 6.45) is 0. The van der Waals surface area contributed by atoms with Crippen LogP contribution in [0.15, 0.2) is 23.2 Å². The molecular formula is C18H22N4O6S2. The summed E-state index contributed by atoms with van der Waals surface area (Å²) < 4.78 is 12.8. The van der Waals surface area contributed by atoms with E-state index >= 15 is 0 Å². The van der Waals surface area contributed by atoms with Crippen LogP contribution in [0.1, 0.15) is 0 Å². The SMILES string of the molecule is COCCn1c(=NC(=O)CSCC(=O)N2CCOCC2)sc2cc([N+](=O)[O-])ccc21. The molecule has 1 fully saturated rings. The fourth-order valence-corrected chi connectivity index (χ4v) is 4.73. The molecule has 0 spiro atoms. The minimum absolute atomic E-state index is 0.0135. The molecule has 10 nitrogen and oxygen atoms in total. The third-order valence-electron chi connectivity index (χ3n) is 4.43. The van der Waals surface area contributed by atoms with E-state index in [1.807, 2.05) is 4.57 Å². The second kappa shape index (κ2) is 10.7. The minimum atomic E-state index is -0.456. The highest BCUT2D eigenvalue weighted by Crippen LogP contribution is 2.23. The number of rotatable bonds is 8. The third-order valence-corrected chi connectivity index (χ3v) is 6.37. The Morgan fingerprint density at radius 2 is 2.10 bits per heavy atom. The lowest BCUT2D eigenvalue weighted by Crippen LogP contribution is -2.41. The van der Waals surface area contributed by atoms with E-state index in [9.17, 15) is 19.7 Å². The number of thioether (sulfide) groups is 1. The Morgan fingerprint density at radius 1 is 1.33 bits per heavy atom. The number of fused-ring (bicyclic) bond motifs is 1. The molecule has 0 N–H and O–H groups in total. The largest absolute Gasteiger partial charge is 0.383 e. The van der Waals surface area contributed by atoms with Crippen molar-refractivity contribution in [3.63, 3.8) is 0 Å². The molecule has 0 atom stereocenters. The summed E-state index contributed by atoms with van der Waals surface area (Å²) in [4.78, 5) is 41.5. The van der Waals surface area contributed by atoms with Crippen LogP contribution in [-0.4, -0.2) is 77.7 Å². The van der Waals surface area contributed by atoms with Gasteiger partial charge >= 0.3 is 0 Å². The molecule has 30 heavy (non-hydrogen) atoms. The molecule has 162 valence electrons. The van der Waals surface area contributed by atoms with Gasteiger partial charge in [0.05, 0.1) is 46.5 Å². The first-order chi connectivity index (χ1) is 14.5. The summed E-state index contributed by atoms with van der Waals surface area (Å²) in [6, 6.07) is 4.55. The molecule has 1 aromatic carbocycles. The van der Waals surface area contributed by atoms with Crippen LogP contribution in [0.5, 0.6) is 0 Å². The van der Waals surface area contributed by atoms with Gasteiger partial charge in [-0.2, -0.15) is 4.99 Å². The first-order valence-corrected chi connectivity index (χ1v) is 11.2. The molecule has 3 rings (SSSR count). The number of carbonyl (C=O) groups is 2. The van der Waals surface area contributed by atoms with Crippen molar-refractivity contribution in [2.75, 3.05) is 51.5 Å². The molecule has 0 saturated carbocycles. The number of benzene rings is 1. The molecule has 1 aliphatic rings. The molecule has 2 aromatic rings. The van der Waals surface area contributed by atoms with Crippen LogP contribution in [-0.2, 0) is 25.6 Å². The quantitative estimate of drug-likeness (QED) is 0.436. The van der Waals surface area contributed by atoms with Gasteiger partial charge in [-0.05, 0) is 6.07 Å². The number of nitro groups is 1. The van der Waals surface area contributed by atoms with E-state index in [4.69, 9.17) is 9.47 Å². The number of non-ortho nitro benzene ring substituents is 1. The van der Waals surface area contributed by atoms with Crippen molar-refractivity contribution in [3.8, 4) is 0 Å². The number of hydrogen-bond acceptors (Lipinski definition) is 8. The van der Waals surface area contributed by atoms with Crippen LogP contribution in [0, 0.1) is 10.1 Å². The number of thiazole rings is 1. The van der Waals surface area contributed by atoms with Crippen molar-refractivity contribution in [1.29, 1.82) is 0 Å². The fourth-order valence-electron chi connectivity index (χ4n) is 2.93. The number of carbonyl (C=O) groups excluding carboxylic acids is 2. The summed E-state index contributed by atoms with van der Waals surface area (Å²) in [5.41, 5.74) is 0.738. The Morgan fingerprint density at radius 3 is 2.80 bits per heavy atom. The topological polar surface area (TPSA) is 116 Å². The highest BCUT2D eigenvalue weighted by molar-refractivity contribution is 8.00. The number of nitro benzene ring substituents is 1. The molecule has 2 amide bonds. The van der Waals surface area contributed by atoms with Gasteiger partial charge in [0.2, 0.25) is 5.91 Å². The van der Waals surface area contributed by atoms with Crippen molar-refractivity contribution in [2.45, 2.75) is 6.54 Å². The van der Waals surface area contributed by atoms with E-state index in [-0.39, 0.29) is 29.0 Å². The Bertz CT molecular complexity index is 996. The van der Waals surface area contributed by atoms with Gasteiger partial charge in [0.1, 0.15) is 0 Å². The average Bonchev–Trinajstić information content (AvgIpc) is 3.08. The number of amides is 2. The van der Waals surface area contributed by atoms with Gasteiger partial charge in [-0.3, -0.25) is 19.7 Å². The average molecular weight is 455 g/mol. The van der Waals surface area contributed by atoms with Gasteiger partial charge in [0.25, 0.3) is 11.6 Å². The monoisotopic (exact) mass is 454 g/mol. The molecule has 1 aliphatic heterocycles. The zero-order valence-corrected chi connectivity index (χ0v) is 18.1. The molecule has 1 saturated heterocycles. The predicted octanol–water partition coefficient (Wildman–Crippen LogP) is 1.28. The summed E-state index contributed by atoms with van der Waals surface area (Å²) >= 11 is 2.44. The van der Waals surface area contributed by atoms with Crippen LogP contribution < -0.4 is 4.80 Å². The minimum Gasteiger partial charge on any atom is -0.383 e. The maximum atomic E-state index is 12.4. The normalized spacial score (nSPS) is 15.0. The highest BCUT2D eigenvalue weighted by atomic mass is 32.2. The van der Waals surface area contributed by atoms with Crippen molar-refractivity contribution in [3.05, 3.63) is 33.1 Å². The molecule has 0 aliphatic carbocycles. The van der Waals surface area contributed by atoms with Gasteiger partial charge < -0.3 is 18.9 Å². The van der Waals surface area contributed by atoms with E-state index in [1.165, 1.54) is 35.2 Å². The lowest BCUT2D eigenvalue weighted by Gasteiger charge is -2.26. The molecule has 12 heteroatoms. The van der Waals surface area contributed by atoms with Gasteiger partial charge in [0, 0.05) is 38.9 Å². The maximum absolute atomic E-state index is 12.4. The van der Waals surface area contributed by atoms with Crippen molar-refractivity contribution in [2.24, 2.45) is 4.99 Å². The van der Waals surface area contributed by atoms with Crippen molar-refractivity contribution >= 4 is 50.8 Å². The van der Waals surface area contributed by atoms with Crippen LogP contribution in [0.4, 0.5) is 5.69 Å². The number of hydrogen-bond donors (Lipinski definition) is 0. The zero-order chi connectivity index (χ0) is 21.5. The Hall–Kier alpha value is -2.28. The fraction of sp³-hybridized carbons (Fsp3) is 0.500. The Labute approximate surface area is 180 Å². The van der Waals surface area contributed by atoms with Crippen LogP contribution in [0.3, 0.4) is 0 Å².